The Morgan fingerprint density at radius 3 is 2.34 bits per heavy atom. The molecule has 0 radical (unpaired) electrons. The number of benzene rings is 2. The molecule has 2 aliphatic rings. The predicted octanol–water partition coefficient (Wildman–Crippen LogP) is 6.43. The average Bonchev–Trinajstić information content (AvgIpc) is 2.94. The van der Waals surface area contributed by atoms with Gasteiger partial charge >= 0.3 is 5.97 Å². The molecular weight excluding hydrogens is 590 g/mol. The minimum atomic E-state index is -0.633. The van der Waals surface area contributed by atoms with Gasteiger partial charge in [0.1, 0.15) is 0 Å². The second-order valence-electron chi connectivity index (χ2n) is 10.6. The smallest absolute Gasteiger partial charge is 0.336 e. The quantitative estimate of drug-likeness (QED) is 0.301. The van der Waals surface area contributed by atoms with E-state index in [0.717, 1.165) is 16.8 Å². The van der Waals surface area contributed by atoms with Crippen LogP contribution in [0.2, 0.25) is 0 Å². The van der Waals surface area contributed by atoms with E-state index in [2.05, 4.69) is 21.2 Å². The number of hydrogen-bond donors (Lipinski definition) is 1. The van der Waals surface area contributed by atoms with Crippen molar-refractivity contribution in [2.24, 2.45) is 5.92 Å². The molecule has 41 heavy (non-hydrogen) atoms. The summed E-state index contributed by atoms with van der Waals surface area (Å²) >= 11 is 3.61. The molecule has 8 nitrogen and oxygen atoms in total. The summed E-state index contributed by atoms with van der Waals surface area (Å²) in [5, 5.41) is 3.41. The number of carbonyl (C=O) groups excluding carboxylic acids is 2. The topological polar surface area (TPSA) is 92.3 Å². The number of halogens is 1. The molecule has 9 heteroatoms. The summed E-state index contributed by atoms with van der Waals surface area (Å²) < 4.78 is 28.7. The zero-order valence-electron chi connectivity index (χ0n) is 24.7. The number of rotatable bonds is 10. The van der Waals surface area contributed by atoms with Gasteiger partial charge in [-0.2, -0.15) is 0 Å². The fourth-order valence-electron chi connectivity index (χ4n) is 5.52. The molecule has 2 aromatic carbocycles. The van der Waals surface area contributed by atoms with Gasteiger partial charge in [0.25, 0.3) is 0 Å². The Morgan fingerprint density at radius 2 is 1.71 bits per heavy atom. The fourth-order valence-corrected chi connectivity index (χ4v) is 6.14. The van der Waals surface area contributed by atoms with Crippen LogP contribution in [0.25, 0.3) is 0 Å². The molecule has 4 rings (SSSR count). The van der Waals surface area contributed by atoms with Crippen LogP contribution in [0.4, 0.5) is 0 Å². The molecule has 0 amide bonds. The van der Waals surface area contributed by atoms with Crippen molar-refractivity contribution in [1.29, 1.82) is 0 Å². The SMILES string of the molecule is CCOc1cc([C@@H]2C(C(=O)OCC(C)C)=C(C)NC3=C2C(=O)C[C@@H](c2ccc(OC)c(OC)c2)C3)cc(Br)c1OC. The standard InChI is InChI=1S/C32H38BrNO7/c1-8-40-27-15-21(11-22(33)31(27)39-7)29-28(32(36)41-16-17(2)3)18(4)34-23-12-20(13-24(35)30(23)29)19-9-10-25(37-5)26(14-19)38-6/h9-11,14-15,17,20,29,34H,8,12-13,16H2,1-7H3/t20-,29+/m0/s1. The molecule has 2 aromatic rings. The Hall–Kier alpha value is -3.46. The maximum absolute atomic E-state index is 14.0. The summed E-state index contributed by atoms with van der Waals surface area (Å²) in [6.07, 6.45) is 0.879. The second-order valence-corrected chi connectivity index (χ2v) is 11.4. The van der Waals surface area contributed by atoms with Crippen molar-refractivity contribution in [2.45, 2.75) is 52.4 Å². The molecule has 1 N–H and O–H groups in total. The zero-order valence-corrected chi connectivity index (χ0v) is 26.3. The summed E-state index contributed by atoms with van der Waals surface area (Å²) in [6, 6.07) is 9.49. The molecular formula is C32H38BrNO7. The van der Waals surface area contributed by atoms with Gasteiger partial charge in [0, 0.05) is 29.3 Å². The van der Waals surface area contributed by atoms with Crippen LogP contribution in [0, 0.1) is 5.92 Å². The fraction of sp³-hybridized carbons (Fsp3) is 0.438. The lowest BCUT2D eigenvalue weighted by Crippen LogP contribution is -2.36. The third kappa shape index (κ3) is 6.25. The Kier molecular flexibility index (Phi) is 9.68. The van der Waals surface area contributed by atoms with Gasteiger partial charge in [-0.15, -0.1) is 0 Å². The van der Waals surface area contributed by atoms with E-state index in [-0.39, 0.29) is 30.6 Å². The van der Waals surface area contributed by atoms with Crippen molar-refractivity contribution < 1.29 is 33.3 Å². The number of ether oxygens (including phenoxy) is 5. The summed E-state index contributed by atoms with van der Waals surface area (Å²) in [6.45, 7) is 8.42. The van der Waals surface area contributed by atoms with Gasteiger partial charge in [-0.05, 0) is 83.4 Å². The Bertz CT molecular complexity index is 1390. The number of nitrogens with one attached hydrogen (secondary N) is 1. The van der Waals surface area contributed by atoms with Crippen LogP contribution in [-0.2, 0) is 14.3 Å². The van der Waals surface area contributed by atoms with Crippen LogP contribution < -0.4 is 24.3 Å². The number of esters is 1. The van der Waals surface area contributed by atoms with Gasteiger partial charge in [0.15, 0.2) is 28.8 Å². The van der Waals surface area contributed by atoms with E-state index in [0.29, 0.717) is 57.3 Å². The van der Waals surface area contributed by atoms with Crippen LogP contribution in [0.15, 0.2) is 57.3 Å². The summed E-state index contributed by atoms with van der Waals surface area (Å²) in [5.74, 6) is 1.31. The van der Waals surface area contributed by atoms with Crippen LogP contribution in [0.5, 0.6) is 23.0 Å². The number of dihydropyridines is 1. The molecule has 0 spiro atoms. The van der Waals surface area contributed by atoms with Crippen molar-refractivity contribution >= 4 is 27.7 Å². The van der Waals surface area contributed by atoms with Crippen molar-refractivity contribution in [2.75, 3.05) is 34.5 Å². The van der Waals surface area contributed by atoms with Gasteiger partial charge < -0.3 is 29.0 Å². The average molecular weight is 629 g/mol. The van der Waals surface area contributed by atoms with Crippen LogP contribution in [0.3, 0.4) is 0 Å². The highest BCUT2D eigenvalue weighted by molar-refractivity contribution is 9.10. The van der Waals surface area contributed by atoms with Crippen molar-refractivity contribution in [3.05, 3.63) is 68.5 Å². The molecule has 0 saturated heterocycles. The third-order valence-electron chi connectivity index (χ3n) is 7.34. The molecule has 220 valence electrons. The minimum Gasteiger partial charge on any atom is -0.493 e. The molecule has 1 aliphatic carbocycles. The summed E-state index contributed by atoms with van der Waals surface area (Å²) in [7, 11) is 4.77. The van der Waals surface area contributed by atoms with E-state index in [1.54, 1.807) is 21.3 Å². The molecule has 0 bridgehead atoms. The second kappa shape index (κ2) is 13.0. The maximum Gasteiger partial charge on any atom is 0.336 e. The van der Waals surface area contributed by atoms with Crippen LogP contribution >= 0.6 is 15.9 Å². The van der Waals surface area contributed by atoms with E-state index in [1.807, 2.05) is 58.0 Å². The summed E-state index contributed by atoms with van der Waals surface area (Å²) in [5.41, 5.74) is 4.17. The Balaban J connectivity index is 1.83. The highest BCUT2D eigenvalue weighted by atomic mass is 79.9. The number of allylic oxidation sites excluding steroid dienone is 3. The molecule has 2 atom stereocenters. The number of Topliss-reactive ketones (excluding diaryl/α,β-unsaturated/α-hetero) is 1. The highest BCUT2D eigenvalue weighted by Crippen LogP contribution is 2.49. The lowest BCUT2D eigenvalue weighted by molar-refractivity contribution is -0.140. The monoisotopic (exact) mass is 627 g/mol. The minimum absolute atomic E-state index is 0.0323. The largest absolute Gasteiger partial charge is 0.493 e. The van der Waals surface area contributed by atoms with Crippen molar-refractivity contribution in [3.63, 3.8) is 0 Å². The van der Waals surface area contributed by atoms with Gasteiger partial charge in [0.05, 0.1) is 44.6 Å². The normalized spacial score (nSPS) is 18.6. The lowest BCUT2D eigenvalue weighted by atomic mass is 9.71. The van der Waals surface area contributed by atoms with Crippen molar-refractivity contribution in [1.82, 2.24) is 5.32 Å². The zero-order chi connectivity index (χ0) is 29.8. The number of ketones is 1. The van der Waals surface area contributed by atoms with Crippen molar-refractivity contribution in [3.8, 4) is 23.0 Å². The maximum atomic E-state index is 14.0. The van der Waals surface area contributed by atoms with Crippen LogP contribution in [0.1, 0.15) is 63.5 Å². The number of methoxy groups -OCH3 is 3. The molecule has 1 aliphatic heterocycles. The molecule has 1 heterocycles. The van der Waals surface area contributed by atoms with Crippen LogP contribution in [-0.4, -0.2) is 46.3 Å². The summed E-state index contributed by atoms with van der Waals surface area (Å²) in [4.78, 5) is 27.6. The Labute approximate surface area is 250 Å². The number of hydrogen-bond acceptors (Lipinski definition) is 8. The third-order valence-corrected chi connectivity index (χ3v) is 7.93. The van der Waals surface area contributed by atoms with Gasteiger partial charge in [0.2, 0.25) is 0 Å². The molecule has 0 fully saturated rings. The molecule has 0 unspecified atom stereocenters. The van der Waals surface area contributed by atoms with E-state index >= 15 is 0 Å². The van der Waals surface area contributed by atoms with E-state index < -0.39 is 11.9 Å². The molecule has 0 saturated carbocycles. The lowest BCUT2D eigenvalue weighted by Gasteiger charge is -2.37. The first-order chi connectivity index (χ1) is 19.6. The van der Waals surface area contributed by atoms with E-state index in [1.165, 1.54) is 0 Å². The Morgan fingerprint density at radius 1 is 1.00 bits per heavy atom. The highest BCUT2D eigenvalue weighted by Gasteiger charge is 2.42. The first kappa shape index (κ1) is 30.5. The van der Waals surface area contributed by atoms with Gasteiger partial charge in [-0.1, -0.05) is 19.9 Å². The van der Waals surface area contributed by atoms with E-state index in [9.17, 15) is 9.59 Å². The van der Waals surface area contributed by atoms with E-state index in [4.69, 9.17) is 23.7 Å². The first-order valence-corrected chi connectivity index (χ1v) is 14.6. The number of carbonyl (C=O) groups is 2. The predicted molar refractivity (Wildman–Crippen MR) is 160 cm³/mol. The van der Waals surface area contributed by atoms with Gasteiger partial charge in [-0.25, -0.2) is 4.79 Å². The first-order valence-electron chi connectivity index (χ1n) is 13.8. The van der Waals surface area contributed by atoms with Gasteiger partial charge in [-0.3, -0.25) is 4.79 Å². The molecule has 0 aromatic heterocycles.